The average Bonchev–Trinajstić information content (AvgIpc) is 1.83. The van der Waals surface area contributed by atoms with Crippen molar-refractivity contribution in [2.75, 3.05) is 14.1 Å². The third kappa shape index (κ3) is 3.21. The Morgan fingerprint density at radius 2 is 1.88 bits per heavy atom. The third-order valence-corrected chi connectivity index (χ3v) is 3.10. The van der Waals surface area contributed by atoms with Crippen molar-refractivity contribution >= 4 is 20.7 Å². The Hall–Kier alpha value is 0.167. The minimum atomic E-state index is -1.00. The van der Waals surface area contributed by atoms with Crippen LogP contribution in [0.15, 0.2) is 11.2 Å². The Kier molecular flexibility index (Phi) is 5.42. The van der Waals surface area contributed by atoms with Crippen LogP contribution in [0.5, 0.6) is 0 Å². The van der Waals surface area contributed by atoms with E-state index in [9.17, 15) is 0 Å². The fourth-order valence-electron chi connectivity index (χ4n) is 0.410. The van der Waals surface area contributed by atoms with Gasteiger partial charge in [0.1, 0.15) is 0 Å². The first-order valence-corrected chi connectivity index (χ1v) is 4.72. The monoisotopic (exact) mass is 150 g/mol. The van der Waals surface area contributed by atoms with E-state index < -0.39 is 9.12 Å². The number of halogens is 1. The second-order valence-electron chi connectivity index (χ2n) is 1.37. The maximum absolute atomic E-state index is 5.33. The molecule has 4 heteroatoms. The quantitative estimate of drug-likeness (QED) is 0.551. The molecule has 0 spiro atoms. The van der Waals surface area contributed by atoms with E-state index in [1.165, 1.54) is 0 Å². The van der Waals surface area contributed by atoms with Gasteiger partial charge < -0.3 is 9.96 Å². The van der Waals surface area contributed by atoms with Crippen LogP contribution in [-0.4, -0.2) is 23.2 Å². The highest BCUT2D eigenvalue weighted by atomic mass is 35.5. The van der Waals surface area contributed by atoms with Crippen LogP contribution >= 0.6 is 11.6 Å². The summed E-state index contributed by atoms with van der Waals surface area (Å²) in [5.41, 5.74) is 3.51. The first-order valence-electron chi connectivity index (χ1n) is 2.46. The molecule has 0 aromatic carbocycles. The zero-order valence-electron chi connectivity index (χ0n) is 5.11. The largest absolute Gasteiger partial charge is 0.328 e. The van der Waals surface area contributed by atoms with Crippen LogP contribution in [0.1, 0.15) is 0 Å². The van der Waals surface area contributed by atoms with Gasteiger partial charge in [0, 0.05) is 0 Å². The van der Waals surface area contributed by atoms with Crippen molar-refractivity contribution in [1.29, 1.82) is 0 Å². The molecule has 0 aromatic heterocycles. The van der Waals surface area contributed by atoms with E-state index in [1.54, 1.807) is 5.54 Å². The van der Waals surface area contributed by atoms with Crippen molar-refractivity contribution in [3.05, 3.63) is 11.2 Å². The van der Waals surface area contributed by atoms with Crippen molar-refractivity contribution in [2.24, 2.45) is 0 Å². The first kappa shape index (κ1) is 8.17. The lowest BCUT2D eigenvalue weighted by molar-refractivity contribution is 1.09. The van der Waals surface area contributed by atoms with E-state index in [0.29, 0.717) is 0 Å². The summed E-state index contributed by atoms with van der Waals surface area (Å²) in [6, 6.07) is 0. The molecule has 2 N–H and O–H groups in total. The standard InChI is InChI=1S/C4H11ClN2Si/c1-6-8(7-2)4-3-5/h3-4,6-8H,1-2H3. The second-order valence-corrected chi connectivity index (χ2v) is 4.12. The summed E-state index contributed by atoms with van der Waals surface area (Å²) < 4.78 is 0. The van der Waals surface area contributed by atoms with Crippen molar-refractivity contribution in [2.45, 2.75) is 0 Å². The summed E-state index contributed by atoms with van der Waals surface area (Å²) in [4.78, 5) is 6.22. The Balaban J connectivity index is 3.36. The minimum Gasteiger partial charge on any atom is -0.328 e. The van der Waals surface area contributed by atoms with Gasteiger partial charge in [0.15, 0.2) is 0 Å². The molecule has 0 rings (SSSR count). The first-order chi connectivity index (χ1) is 3.85. The van der Waals surface area contributed by atoms with Gasteiger partial charge in [0.25, 0.3) is 0 Å². The lowest BCUT2D eigenvalue weighted by Gasteiger charge is -2.04. The lowest BCUT2D eigenvalue weighted by Crippen LogP contribution is -2.41. The van der Waals surface area contributed by atoms with Crippen LogP contribution in [0.2, 0.25) is 0 Å². The predicted molar refractivity (Wildman–Crippen MR) is 40.3 cm³/mol. The molecule has 0 atom stereocenters. The van der Waals surface area contributed by atoms with E-state index in [4.69, 9.17) is 11.6 Å². The molecule has 0 aliphatic rings. The highest BCUT2D eigenvalue weighted by Gasteiger charge is 1.95. The molecule has 0 aliphatic heterocycles. The highest BCUT2D eigenvalue weighted by molar-refractivity contribution is 6.59. The zero-order valence-corrected chi connectivity index (χ0v) is 7.02. The predicted octanol–water partition coefficient (Wildman–Crippen LogP) is -0.0626. The molecule has 0 saturated carbocycles. The molecular formula is C4H11ClN2Si. The third-order valence-electron chi connectivity index (χ3n) is 0.887. The summed E-state index contributed by atoms with van der Waals surface area (Å²) in [7, 11) is 2.84. The van der Waals surface area contributed by atoms with Gasteiger partial charge in [0.2, 0.25) is 9.12 Å². The summed E-state index contributed by atoms with van der Waals surface area (Å²) in [6.07, 6.45) is 0. The van der Waals surface area contributed by atoms with E-state index in [2.05, 4.69) is 9.96 Å². The molecule has 0 aromatic rings. The lowest BCUT2D eigenvalue weighted by atomic mass is 11.3. The number of hydrogen-bond acceptors (Lipinski definition) is 2. The zero-order chi connectivity index (χ0) is 6.41. The van der Waals surface area contributed by atoms with Crippen LogP contribution in [-0.2, 0) is 0 Å². The summed E-state index contributed by atoms with van der Waals surface area (Å²) in [5, 5.41) is 0. The van der Waals surface area contributed by atoms with E-state index in [-0.39, 0.29) is 0 Å². The fourth-order valence-corrected chi connectivity index (χ4v) is 1.67. The second kappa shape index (κ2) is 5.31. The molecule has 0 radical (unpaired) electrons. The molecular weight excluding hydrogens is 140 g/mol. The maximum atomic E-state index is 5.33. The molecule has 0 fully saturated rings. The SMILES string of the molecule is CN[SiH](C=CCl)NC. The van der Waals surface area contributed by atoms with Crippen LogP contribution in [0.4, 0.5) is 0 Å². The fraction of sp³-hybridized carbons (Fsp3) is 0.500. The van der Waals surface area contributed by atoms with E-state index in [1.807, 2.05) is 19.8 Å². The van der Waals surface area contributed by atoms with Gasteiger partial charge in [-0.05, 0) is 19.6 Å². The number of hydrogen-bond donors (Lipinski definition) is 2. The Morgan fingerprint density at radius 3 is 2.00 bits per heavy atom. The van der Waals surface area contributed by atoms with Crippen LogP contribution in [0, 0.1) is 0 Å². The minimum absolute atomic E-state index is 1.00. The molecule has 48 valence electrons. The molecule has 0 aliphatic carbocycles. The van der Waals surface area contributed by atoms with Gasteiger partial charge in [-0.2, -0.15) is 0 Å². The topological polar surface area (TPSA) is 24.1 Å². The van der Waals surface area contributed by atoms with Gasteiger partial charge in [-0.15, -0.1) is 0 Å². The van der Waals surface area contributed by atoms with E-state index in [0.717, 1.165) is 0 Å². The van der Waals surface area contributed by atoms with Crippen molar-refractivity contribution < 1.29 is 0 Å². The molecule has 0 amide bonds. The number of nitrogens with one attached hydrogen (secondary N) is 2. The Bertz CT molecular complexity index is 72.4. The molecule has 0 saturated heterocycles. The Labute approximate surface area is 56.7 Å². The summed E-state index contributed by atoms with van der Waals surface area (Å²) in [6.45, 7) is 0. The smallest absolute Gasteiger partial charge is 0.210 e. The van der Waals surface area contributed by atoms with Gasteiger partial charge in [0.05, 0.1) is 0 Å². The van der Waals surface area contributed by atoms with Crippen LogP contribution in [0.25, 0.3) is 0 Å². The highest BCUT2D eigenvalue weighted by Crippen LogP contribution is 1.77. The molecule has 0 bridgehead atoms. The van der Waals surface area contributed by atoms with Crippen molar-refractivity contribution in [3.63, 3.8) is 0 Å². The maximum Gasteiger partial charge on any atom is 0.210 e. The van der Waals surface area contributed by atoms with Crippen molar-refractivity contribution in [3.8, 4) is 0 Å². The van der Waals surface area contributed by atoms with Crippen LogP contribution < -0.4 is 9.96 Å². The van der Waals surface area contributed by atoms with Crippen molar-refractivity contribution in [1.82, 2.24) is 9.96 Å². The summed E-state index contributed by atoms with van der Waals surface area (Å²) in [5.74, 6) is 0. The van der Waals surface area contributed by atoms with Gasteiger partial charge >= 0.3 is 0 Å². The number of rotatable bonds is 3. The van der Waals surface area contributed by atoms with Crippen LogP contribution in [0.3, 0.4) is 0 Å². The Morgan fingerprint density at radius 1 is 1.38 bits per heavy atom. The average molecular weight is 151 g/mol. The van der Waals surface area contributed by atoms with Gasteiger partial charge in [-0.25, -0.2) is 0 Å². The van der Waals surface area contributed by atoms with E-state index >= 15 is 0 Å². The summed E-state index contributed by atoms with van der Waals surface area (Å²) >= 11 is 5.33. The van der Waals surface area contributed by atoms with Gasteiger partial charge in [-0.3, -0.25) is 0 Å². The molecule has 0 unspecified atom stereocenters. The normalized spacial score (nSPS) is 11.5. The van der Waals surface area contributed by atoms with Gasteiger partial charge in [-0.1, -0.05) is 17.3 Å². The molecule has 2 nitrogen and oxygen atoms in total. The molecule has 8 heavy (non-hydrogen) atoms. The molecule has 0 heterocycles.